The third-order valence-electron chi connectivity index (χ3n) is 3.93. The predicted molar refractivity (Wildman–Crippen MR) is 101 cm³/mol. The maximum atomic E-state index is 12.4. The van der Waals surface area contributed by atoms with Gasteiger partial charge in [-0.2, -0.15) is 5.10 Å². The Morgan fingerprint density at radius 1 is 1.37 bits per heavy atom. The zero-order valence-corrected chi connectivity index (χ0v) is 15.7. The Bertz CT molecular complexity index is 1140. The number of hydrogen-bond donors (Lipinski definition) is 0. The van der Waals surface area contributed by atoms with E-state index in [-0.39, 0.29) is 12.4 Å². The van der Waals surface area contributed by atoms with Crippen molar-refractivity contribution in [2.45, 2.75) is 13.5 Å². The number of hydrogen-bond acceptors (Lipinski definition) is 6. The maximum absolute atomic E-state index is 12.4. The van der Waals surface area contributed by atoms with Gasteiger partial charge in [-0.15, -0.1) is 11.3 Å². The summed E-state index contributed by atoms with van der Waals surface area (Å²) in [4.78, 5) is 17.6. The highest BCUT2D eigenvalue weighted by Crippen LogP contribution is 2.31. The fourth-order valence-electron chi connectivity index (χ4n) is 2.60. The van der Waals surface area contributed by atoms with Crippen LogP contribution in [0.1, 0.15) is 21.2 Å². The molecule has 0 radical (unpaired) electrons. The molecule has 0 N–H and O–H groups in total. The first-order chi connectivity index (χ1) is 13.0. The average molecular weight is 401 g/mol. The lowest BCUT2D eigenvalue weighted by Crippen LogP contribution is -2.33. The summed E-state index contributed by atoms with van der Waals surface area (Å²) in [5.74, 6) is -0.389. The minimum Gasteiger partial charge on any atom is -0.711 e. The van der Waals surface area contributed by atoms with Gasteiger partial charge in [-0.3, -0.25) is 0 Å². The smallest absolute Gasteiger partial charge is 0.349 e. The van der Waals surface area contributed by atoms with Crippen LogP contribution in [0.5, 0.6) is 0 Å². The second-order valence-electron chi connectivity index (χ2n) is 5.74. The van der Waals surface area contributed by atoms with Crippen molar-refractivity contribution in [3.63, 3.8) is 0 Å². The Morgan fingerprint density at radius 2 is 2.15 bits per heavy atom. The van der Waals surface area contributed by atoms with Crippen molar-refractivity contribution in [2.75, 3.05) is 0 Å². The van der Waals surface area contributed by atoms with E-state index in [0.717, 1.165) is 21.6 Å². The number of benzene rings is 1. The number of aromatic nitrogens is 4. The summed E-state index contributed by atoms with van der Waals surface area (Å²) in [5, 5.41) is 17.6. The summed E-state index contributed by atoms with van der Waals surface area (Å²) in [6, 6.07) is 10.6. The maximum Gasteiger partial charge on any atom is 0.349 e. The van der Waals surface area contributed by atoms with Crippen LogP contribution in [0.4, 0.5) is 0 Å². The number of ether oxygens (including phenoxy) is 1. The molecule has 4 rings (SSSR count). The van der Waals surface area contributed by atoms with Crippen molar-refractivity contribution in [2.24, 2.45) is 0 Å². The lowest BCUT2D eigenvalue weighted by Gasteiger charge is -2.05. The Labute approximate surface area is 163 Å². The Balaban J connectivity index is 1.61. The normalized spacial score (nSPS) is 11.0. The van der Waals surface area contributed by atoms with E-state index >= 15 is 0 Å². The molecule has 3 heterocycles. The highest BCUT2D eigenvalue weighted by molar-refractivity contribution is 7.20. The van der Waals surface area contributed by atoms with Gasteiger partial charge in [0.05, 0.1) is 17.6 Å². The van der Waals surface area contributed by atoms with E-state index in [9.17, 15) is 10.0 Å². The number of aryl methyl sites for hydroxylation is 1. The molecule has 0 bridgehead atoms. The van der Waals surface area contributed by atoms with Crippen LogP contribution in [0.25, 0.3) is 15.9 Å². The molecule has 0 aliphatic carbocycles. The van der Waals surface area contributed by atoms with Gasteiger partial charge in [0.25, 0.3) is 0 Å². The Hall–Kier alpha value is -2.97. The minimum atomic E-state index is -0.510. The molecule has 0 amide bonds. The van der Waals surface area contributed by atoms with Crippen molar-refractivity contribution in [3.05, 3.63) is 75.4 Å². The van der Waals surface area contributed by atoms with Crippen molar-refractivity contribution >= 4 is 39.1 Å². The zero-order chi connectivity index (χ0) is 19.0. The number of fused-ring (bicyclic) bond motifs is 1. The van der Waals surface area contributed by atoms with Crippen LogP contribution < -0.4 is 4.73 Å². The van der Waals surface area contributed by atoms with Crippen molar-refractivity contribution in [1.29, 1.82) is 0 Å². The van der Waals surface area contributed by atoms with Crippen LogP contribution in [0.3, 0.4) is 0 Å². The molecular formula is C18H13ClN4O3S. The van der Waals surface area contributed by atoms with Gasteiger partial charge in [-0.25, -0.2) is 14.2 Å². The summed E-state index contributed by atoms with van der Waals surface area (Å²) < 4.78 is 7.58. The molecule has 1 aromatic carbocycles. The molecule has 9 heteroatoms. The first kappa shape index (κ1) is 17.4. The highest BCUT2D eigenvalue weighted by atomic mass is 35.5. The van der Waals surface area contributed by atoms with Gasteiger partial charge in [-0.05, 0) is 42.2 Å². The number of carbonyl (C=O) groups is 1. The number of rotatable bonds is 4. The van der Waals surface area contributed by atoms with Gasteiger partial charge in [0.1, 0.15) is 15.9 Å². The fraction of sp³-hybridized carbons (Fsp3) is 0.111. The minimum absolute atomic E-state index is 0.121. The van der Waals surface area contributed by atoms with Crippen LogP contribution in [0, 0.1) is 12.1 Å². The first-order valence-electron chi connectivity index (χ1n) is 7.98. The van der Waals surface area contributed by atoms with Crippen LogP contribution in [0.15, 0.2) is 48.8 Å². The molecule has 27 heavy (non-hydrogen) atoms. The standard InChI is InChI=1S/C18H13ClN4O3S/c1-11-14-9-15(18(24)26-10-16-20-7-2-8-22(16)25)27-17(14)23(21-11)13-5-3-12(19)4-6-13/h2-9H,10H2,1H3. The highest BCUT2D eigenvalue weighted by Gasteiger charge is 2.19. The van der Waals surface area contributed by atoms with E-state index in [0.29, 0.717) is 14.6 Å². The van der Waals surface area contributed by atoms with Crippen molar-refractivity contribution < 1.29 is 14.3 Å². The zero-order valence-electron chi connectivity index (χ0n) is 14.1. The molecule has 4 aromatic rings. The molecule has 7 nitrogen and oxygen atoms in total. The summed E-state index contributed by atoms with van der Waals surface area (Å²) >= 11 is 7.23. The molecule has 0 saturated heterocycles. The monoisotopic (exact) mass is 400 g/mol. The molecular weight excluding hydrogens is 388 g/mol. The van der Waals surface area contributed by atoms with Gasteiger partial charge >= 0.3 is 11.8 Å². The molecule has 136 valence electrons. The third-order valence-corrected chi connectivity index (χ3v) is 5.28. The largest absolute Gasteiger partial charge is 0.711 e. The molecule has 0 fully saturated rings. The van der Waals surface area contributed by atoms with E-state index in [1.165, 1.54) is 29.8 Å². The van der Waals surface area contributed by atoms with Gasteiger partial charge in [-0.1, -0.05) is 11.6 Å². The van der Waals surface area contributed by atoms with Crippen LogP contribution in [0.2, 0.25) is 5.02 Å². The lowest BCUT2D eigenvalue weighted by atomic mass is 10.3. The SMILES string of the molecule is Cc1nn(-c2ccc(Cl)cc2)c2sc(C(=O)OCc3nccc[n+]3[O-])cc12. The number of carbonyl (C=O) groups excluding carboxylic acids is 1. The third kappa shape index (κ3) is 3.36. The van der Waals surface area contributed by atoms with E-state index < -0.39 is 5.97 Å². The van der Waals surface area contributed by atoms with Gasteiger partial charge in [0, 0.05) is 16.5 Å². The fourth-order valence-corrected chi connectivity index (χ4v) is 3.80. The number of thiophene rings is 1. The Morgan fingerprint density at radius 3 is 2.89 bits per heavy atom. The van der Waals surface area contributed by atoms with E-state index in [1.807, 2.05) is 19.1 Å². The quantitative estimate of drug-likeness (QED) is 0.297. The molecule has 0 atom stereocenters. The van der Waals surface area contributed by atoms with E-state index in [2.05, 4.69) is 10.1 Å². The molecule has 3 aromatic heterocycles. The lowest BCUT2D eigenvalue weighted by molar-refractivity contribution is -0.620. The number of esters is 1. The molecule has 0 aliphatic rings. The average Bonchev–Trinajstić information content (AvgIpc) is 3.22. The van der Waals surface area contributed by atoms with E-state index in [1.54, 1.807) is 22.9 Å². The predicted octanol–water partition coefficient (Wildman–Crippen LogP) is 3.43. The molecule has 0 saturated carbocycles. The number of nitrogens with zero attached hydrogens (tertiary/aromatic N) is 4. The Kier molecular flexibility index (Phi) is 4.51. The van der Waals surface area contributed by atoms with Crippen LogP contribution in [-0.4, -0.2) is 20.7 Å². The van der Waals surface area contributed by atoms with E-state index in [4.69, 9.17) is 16.3 Å². The second-order valence-corrected chi connectivity index (χ2v) is 7.21. The second kappa shape index (κ2) is 6.98. The van der Waals surface area contributed by atoms with Crippen molar-refractivity contribution in [3.8, 4) is 5.69 Å². The summed E-state index contributed by atoms with van der Waals surface area (Å²) in [7, 11) is 0. The summed E-state index contributed by atoms with van der Waals surface area (Å²) in [5.41, 5.74) is 1.65. The van der Waals surface area contributed by atoms with Crippen molar-refractivity contribution in [1.82, 2.24) is 14.8 Å². The number of halogens is 1. The van der Waals surface area contributed by atoms with Gasteiger partial charge in [0.15, 0.2) is 6.61 Å². The molecule has 0 spiro atoms. The summed E-state index contributed by atoms with van der Waals surface area (Å²) in [6.07, 6.45) is 2.78. The first-order valence-corrected chi connectivity index (χ1v) is 9.17. The molecule has 0 aliphatic heterocycles. The van der Waals surface area contributed by atoms with Crippen LogP contribution in [-0.2, 0) is 11.3 Å². The van der Waals surface area contributed by atoms with Gasteiger partial charge < -0.3 is 9.94 Å². The van der Waals surface area contributed by atoms with Gasteiger partial charge in [0.2, 0.25) is 0 Å². The molecule has 0 unspecified atom stereocenters. The summed E-state index contributed by atoms with van der Waals surface area (Å²) in [6.45, 7) is 1.69. The topological polar surface area (TPSA) is 84.0 Å². The van der Waals surface area contributed by atoms with Crippen LogP contribution >= 0.6 is 22.9 Å².